The van der Waals surface area contributed by atoms with E-state index in [1.54, 1.807) is 30.7 Å². The average Bonchev–Trinajstić information content (AvgIpc) is 2.70. The first-order chi connectivity index (χ1) is 10.4. The zero-order valence-electron chi connectivity index (χ0n) is 12.2. The van der Waals surface area contributed by atoms with E-state index in [0.717, 1.165) is 11.1 Å². The number of hydrogen-bond acceptors (Lipinski definition) is 1. The van der Waals surface area contributed by atoms with Crippen LogP contribution in [0.2, 0.25) is 5.02 Å². The second-order valence-corrected chi connectivity index (χ2v) is 5.69. The Morgan fingerprint density at radius 3 is 2.45 bits per heavy atom. The molecule has 22 heavy (non-hydrogen) atoms. The largest absolute Gasteiger partial charge is 0.364 e. The Balaban J connectivity index is 2.42. The number of primary amides is 1. The number of benzene rings is 2. The number of aromatic nitrogens is 1. The van der Waals surface area contributed by atoms with Crippen molar-refractivity contribution in [2.24, 2.45) is 12.8 Å². The molecule has 0 radical (unpaired) electrons. The fourth-order valence-corrected chi connectivity index (χ4v) is 3.06. The fourth-order valence-electron chi connectivity index (χ4n) is 2.94. The molecule has 1 aromatic heterocycles. The van der Waals surface area contributed by atoms with E-state index in [1.165, 1.54) is 12.1 Å². The molecule has 0 unspecified atom stereocenters. The first-order valence-corrected chi connectivity index (χ1v) is 7.12. The van der Waals surface area contributed by atoms with Crippen molar-refractivity contribution in [2.45, 2.75) is 6.92 Å². The van der Waals surface area contributed by atoms with Crippen molar-refractivity contribution in [1.82, 2.24) is 4.57 Å². The van der Waals surface area contributed by atoms with E-state index in [1.807, 2.05) is 12.1 Å². The zero-order valence-corrected chi connectivity index (χ0v) is 12.9. The van der Waals surface area contributed by atoms with Crippen LogP contribution in [-0.2, 0) is 7.05 Å². The number of fused-ring (bicyclic) bond motifs is 1. The number of aryl methyl sites for hydroxylation is 2. The Kier molecular flexibility index (Phi) is 3.41. The Morgan fingerprint density at radius 2 is 1.86 bits per heavy atom. The van der Waals surface area contributed by atoms with Gasteiger partial charge in [0.05, 0.1) is 5.52 Å². The second kappa shape index (κ2) is 5.14. The summed E-state index contributed by atoms with van der Waals surface area (Å²) in [4.78, 5) is 11.7. The number of carbonyl (C=O) groups is 1. The van der Waals surface area contributed by atoms with Crippen LogP contribution < -0.4 is 5.73 Å². The minimum atomic E-state index is -0.529. The lowest BCUT2D eigenvalue weighted by molar-refractivity contribution is 0.0992. The van der Waals surface area contributed by atoms with Crippen LogP contribution in [0.3, 0.4) is 0 Å². The van der Waals surface area contributed by atoms with E-state index >= 15 is 0 Å². The molecule has 0 aliphatic carbocycles. The van der Waals surface area contributed by atoms with Crippen LogP contribution in [-0.4, -0.2) is 10.5 Å². The summed E-state index contributed by atoms with van der Waals surface area (Å²) in [5, 5.41) is 1.29. The molecule has 0 spiro atoms. The molecule has 3 rings (SSSR count). The molecule has 3 aromatic rings. The number of rotatable bonds is 2. The lowest BCUT2D eigenvalue weighted by atomic mass is 10.0. The second-order valence-electron chi connectivity index (χ2n) is 5.25. The molecule has 1 heterocycles. The number of hydrogen-bond donors (Lipinski definition) is 1. The summed E-state index contributed by atoms with van der Waals surface area (Å²) in [6.45, 7) is 1.77. The van der Waals surface area contributed by atoms with Crippen molar-refractivity contribution in [2.75, 3.05) is 0 Å². The highest BCUT2D eigenvalue weighted by molar-refractivity contribution is 6.30. The Labute approximate surface area is 132 Å². The molecule has 0 aliphatic heterocycles. The van der Waals surface area contributed by atoms with Crippen molar-refractivity contribution in [3.05, 3.63) is 58.5 Å². The maximum absolute atomic E-state index is 14.0. The monoisotopic (exact) mass is 316 g/mol. The van der Waals surface area contributed by atoms with Gasteiger partial charge in [-0.25, -0.2) is 4.39 Å². The molecule has 0 fully saturated rings. The minimum absolute atomic E-state index is 0.359. The summed E-state index contributed by atoms with van der Waals surface area (Å²) >= 11 is 5.91. The first-order valence-electron chi connectivity index (χ1n) is 6.74. The van der Waals surface area contributed by atoms with E-state index in [-0.39, 0.29) is 5.82 Å². The molecule has 0 saturated carbocycles. The van der Waals surface area contributed by atoms with Gasteiger partial charge < -0.3 is 10.3 Å². The molecular weight excluding hydrogens is 303 g/mol. The highest BCUT2D eigenvalue weighted by atomic mass is 35.5. The summed E-state index contributed by atoms with van der Waals surface area (Å²) in [5.41, 5.74) is 8.82. The van der Waals surface area contributed by atoms with Crippen LogP contribution in [0.5, 0.6) is 0 Å². The van der Waals surface area contributed by atoms with Gasteiger partial charge in [-0.1, -0.05) is 23.7 Å². The van der Waals surface area contributed by atoms with Crippen LogP contribution in [0.4, 0.5) is 4.39 Å². The van der Waals surface area contributed by atoms with Gasteiger partial charge in [0.1, 0.15) is 11.5 Å². The number of nitrogens with two attached hydrogens (primary N) is 1. The third-order valence-electron chi connectivity index (χ3n) is 3.89. The summed E-state index contributed by atoms with van der Waals surface area (Å²) in [6.07, 6.45) is 0. The standard InChI is InChI=1S/C17H14ClFN2O/c1-9-13-7-12(19)8-14(10-3-5-11(18)6-4-10)16(13)21(2)15(9)17(20)22/h3-8H,1-2H3,(H2,20,22). The van der Waals surface area contributed by atoms with Gasteiger partial charge in [0.15, 0.2) is 0 Å². The summed E-state index contributed by atoms with van der Waals surface area (Å²) < 4.78 is 15.8. The third kappa shape index (κ3) is 2.16. The van der Waals surface area contributed by atoms with Crippen LogP contribution in [0.1, 0.15) is 16.1 Å². The molecule has 0 atom stereocenters. The van der Waals surface area contributed by atoms with Gasteiger partial charge in [-0.3, -0.25) is 4.79 Å². The molecule has 0 bridgehead atoms. The van der Waals surface area contributed by atoms with Crippen molar-refractivity contribution in [3.63, 3.8) is 0 Å². The summed E-state index contributed by atoms with van der Waals surface area (Å²) in [6, 6.07) is 10.0. The van der Waals surface area contributed by atoms with Crippen molar-refractivity contribution in [1.29, 1.82) is 0 Å². The van der Waals surface area contributed by atoms with Gasteiger partial charge in [-0.05, 0) is 42.3 Å². The predicted molar refractivity (Wildman–Crippen MR) is 86.6 cm³/mol. The molecule has 2 N–H and O–H groups in total. The lowest BCUT2D eigenvalue weighted by Crippen LogP contribution is -2.16. The maximum Gasteiger partial charge on any atom is 0.265 e. The van der Waals surface area contributed by atoms with Gasteiger partial charge in [-0.15, -0.1) is 0 Å². The van der Waals surface area contributed by atoms with E-state index < -0.39 is 5.91 Å². The SMILES string of the molecule is Cc1c(C(N)=O)n(C)c2c(-c3ccc(Cl)cc3)cc(F)cc12. The molecule has 1 amide bonds. The van der Waals surface area contributed by atoms with Gasteiger partial charge in [0, 0.05) is 23.0 Å². The normalized spacial score (nSPS) is 11.1. The number of amides is 1. The minimum Gasteiger partial charge on any atom is -0.364 e. The van der Waals surface area contributed by atoms with Gasteiger partial charge in [0.2, 0.25) is 0 Å². The number of halogens is 2. The Bertz CT molecular complexity index is 897. The Hall–Kier alpha value is -2.33. The predicted octanol–water partition coefficient (Wildman–Crippen LogP) is 4.05. The molecule has 0 aliphatic rings. The summed E-state index contributed by atoms with van der Waals surface area (Å²) in [7, 11) is 1.76. The topological polar surface area (TPSA) is 48.0 Å². The van der Waals surface area contributed by atoms with Crippen LogP contribution in [0, 0.1) is 12.7 Å². The number of carbonyl (C=O) groups excluding carboxylic acids is 1. The fraction of sp³-hybridized carbons (Fsp3) is 0.118. The molecule has 3 nitrogen and oxygen atoms in total. The van der Waals surface area contributed by atoms with Crippen molar-refractivity contribution < 1.29 is 9.18 Å². The lowest BCUT2D eigenvalue weighted by Gasteiger charge is -2.08. The molecule has 112 valence electrons. The smallest absolute Gasteiger partial charge is 0.265 e. The summed E-state index contributed by atoms with van der Waals surface area (Å²) in [5.74, 6) is -0.888. The van der Waals surface area contributed by atoms with E-state index in [2.05, 4.69) is 0 Å². The third-order valence-corrected chi connectivity index (χ3v) is 4.15. The van der Waals surface area contributed by atoms with Crippen molar-refractivity contribution in [3.8, 4) is 11.1 Å². The Morgan fingerprint density at radius 1 is 1.23 bits per heavy atom. The average molecular weight is 317 g/mol. The van der Waals surface area contributed by atoms with Crippen LogP contribution in [0.25, 0.3) is 22.0 Å². The van der Waals surface area contributed by atoms with Crippen LogP contribution in [0.15, 0.2) is 36.4 Å². The first kappa shape index (κ1) is 14.6. The van der Waals surface area contributed by atoms with Gasteiger partial charge in [-0.2, -0.15) is 0 Å². The number of nitrogens with zero attached hydrogens (tertiary/aromatic N) is 1. The zero-order chi connectivity index (χ0) is 16.0. The molecule has 5 heteroatoms. The van der Waals surface area contributed by atoms with Crippen molar-refractivity contribution >= 4 is 28.4 Å². The van der Waals surface area contributed by atoms with E-state index in [9.17, 15) is 9.18 Å². The molecule has 0 saturated heterocycles. The van der Waals surface area contributed by atoms with Gasteiger partial charge >= 0.3 is 0 Å². The highest BCUT2D eigenvalue weighted by Gasteiger charge is 2.20. The van der Waals surface area contributed by atoms with E-state index in [4.69, 9.17) is 17.3 Å². The highest BCUT2D eigenvalue weighted by Crippen LogP contribution is 2.34. The quantitative estimate of drug-likeness (QED) is 0.762. The van der Waals surface area contributed by atoms with Crippen LogP contribution >= 0.6 is 11.6 Å². The molecular formula is C17H14ClFN2O. The molecule has 2 aromatic carbocycles. The van der Waals surface area contributed by atoms with E-state index in [0.29, 0.717) is 27.2 Å². The van der Waals surface area contributed by atoms with Gasteiger partial charge in [0.25, 0.3) is 5.91 Å². The maximum atomic E-state index is 14.0.